The molecule has 2 heterocycles. The lowest BCUT2D eigenvalue weighted by atomic mass is 10.5. The first-order valence-corrected chi connectivity index (χ1v) is 5.81. The molecular weight excluding hydrogens is 246 g/mol. The van der Waals surface area contributed by atoms with Crippen molar-refractivity contribution in [1.29, 1.82) is 0 Å². The highest BCUT2D eigenvalue weighted by Gasteiger charge is 2.10. The Balaban J connectivity index is 2.27. The van der Waals surface area contributed by atoms with E-state index >= 15 is 0 Å². The van der Waals surface area contributed by atoms with Crippen LogP contribution in [0.15, 0.2) is 34.7 Å². The van der Waals surface area contributed by atoms with E-state index < -0.39 is 0 Å². The standard InChI is InChI=1S/C10H10ClN3OS/c1-14-7(6-15)5-13-10(14)16-9-8(11)3-2-4-12-9/h2-5,15H,6H2,1H3. The molecule has 1 N–H and O–H groups in total. The van der Waals surface area contributed by atoms with Crippen molar-refractivity contribution in [3.8, 4) is 0 Å². The van der Waals surface area contributed by atoms with E-state index in [1.54, 1.807) is 24.5 Å². The van der Waals surface area contributed by atoms with Gasteiger partial charge in [-0.25, -0.2) is 9.97 Å². The third-order valence-corrected chi connectivity index (χ3v) is 3.61. The zero-order valence-electron chi connectivity index (χ0n) is 8.59. The van der Waals surface area contributed by atoms with E-state index in [1.165, 1.54) is 11.8 Å². The van der Waals surface area contributed by atoms with Crippen LogP contribution in [0.2, 0.25) is 5.02 Å². The van der Waals surface area contributed by atoms with Crippen molar-refractivity contribution >= 4 is 23.4 Å². The third-order valence-electron chi connectivity index (χ3n) is 2.12. The Labute approximate surface area is 102 Å². The minimum Gasteiger partial charge on any atom is -0.390 e. The smallest absolute Gasteiger partial charge is 0.174 e. The Morgan fingerprint density at radius 1 is 1.50 bits per heavy atom. The van der Waals surface area contributed by atoms with E-state index in [4.69, 9.17) is 16.7 Å². The number of aliphatic hydroxyl groups is 1. The molecule has 2 aromatic rings. The SMILES string of the molecule is Cn1c(CO)cnc1Sc1ncccc1Cl. The van der Waals surface area contributed by atoms with E-state index in [0.717, 1.165) is 10.9 Å². The molecule has 16 heavy (non-hydrogen) atoms. The van der Waals surface area contributed by atoms with Gasteiger partial charge in [0, 0.05) is 13.2 Å². The number of nitrogens with zero attached hydrogens (tertiary/aromatic N) is 3. The summed E-state index contributed by atoms with van der Waals surface area (Å²) >= 11 is 7.37. The zero-order valence-corrected chi connectivity index (χ0v) is 10.2. The maximum atomic E-state index is 9.04. The van der Waals surface area contributed by atoms with Crippen LogP contribution in [0.4, 0.5) is 0 Å². The number of rotatable bonds is 3. The Morgan fingerprint density at radius 3 is 2.94 bits per heavy atom. The van der Waals surface area contributed by atoms with Gasteiger partial charge in [-0.05, 0) is 23.9 Å². The van der Waals surface area contributed by atoms with Gasteiger partial charge in [0.1, 0.15) is 5.03 Å². The van der Waals surface area contributed by atoms with Gasteiger partial charge in [-0.2, -0.15) is 0 Å². The first kappa shape index (κ1) is 11.4. The predicted molar refractivity (Wildman–Crippen MR) is 62.5 cm³/mol. The fourth-order valence-corrected chi connectivity index (χ4v) is 2.25. The molecule has 0 aromatic carbocycles. The Hall–Kier alpha value is -1.04. The van der Waals surface area contributed by atoms with Crippen molar-refractivity contribution in [3.63, 3.8) is 0 Å². The maximum absolute atomic E-state index is 9.04. The molecule has 0 aliphatic rings. The van der Waals surface area contributed by atoms with Crippen molar-refractivity contribution in [2.24, 2.45) is 7.05 Å². The molecule has 0 aliphatic heterocycles. The Bertz CT molecular complexity index is 501. The molecule has 0 aliphatic carbocycles. The third kappa shape index (κ3) is 2.21. The topological polar surface area (TPSA) is 50.9 Å². The average molecular weight is 256 g/mol. The summed E-state index contributed by atoms with van der Waals surface area (Å²) in [5.41, 5.74) is 0.759. The largest absolute Gasteiger partial charge is 0.390 e. The molecule has 0 unspecified atom stereocenters. The number of aromatic nitrogens is 3. The summed E-state index contributed by atoms with van der Waals surface area (Å²) in [5, 5.41) is 11.1. The summed E-state index contributed by atoms with van der Waals surface area (Å²) < 4.78 is 1.82. The number of aliphatic hydroxyl groups excluding tert-OH is 1. The van der Waals surface area contributed by atoms with Crippen LogP contribution < -0.4 is 0 Å². The second kappa shape index (κ2) is 4.86. The fourth-order valence-electron chi connectivity index (χ4n) is 1.20. The maximum Gasteiger partial charge on any atom is 0.174 e. The normalized spacial score (nSPS) is 10.7. The molecule has 0 fully saturated rings. The first-order chi connectivity index (χ1) is 7.72. The van der Waals surface area contributed by atoms with Crippen LogP contribution >= 0.6 is 23.4 Å². The summed E-state index contributed by atoms with van der Waals surface area (Å²) in [6, 6.07) is 3.57. The summed E-state index contributed by atoms with van der Waals surface area (Å²) in [7, 11) is 1.84. The highest BCUT2D eigenvalue weighted by Crippen LogP contribution is 2.30. The number of pyridine rings is 1. The van der Waals surface area contributed by atoms with E-state index in [1.807, 2.05) is 11.6 Å². The molecule has 0 saturated heterocycles. The van der Waals surface area contributed by atoms with Crippen LogP contribution in [-0.2, 0) is 13.7 Å². The lowest BCUT2D eigenvalue weighted by Crippen LogP contribution is -1.97. The molecule has 84 valence electrons. The highest BCUT2D eigenvalue weighted by molar-refractivity contribution is 7.99. The number of hydrogen-bond acceptors (Lipinski definition) is 4. The minimum absolute atomic E-state index is 0.0278. The van der Waals surface area contributed by atoms with E-state index in [0.29, 0.717) is 10.0 Å². The van der Waals surface area contributed by atoms with E-state index in [9.17, 15) is 0 Å². The molecule has 2 aromatic heterocycles. The van der Waals surface area contributed by atoms with Crippen LogP contribution in [0, 0.1) is 0 Å². The van der Waals surface area contributed by atoms with Gasteiger partial charge in [0.2, 0.25) is 0 Å². The van der Waals surface area contributed by atoms with Crippen molar-refractivity contribution in [1.82, 2.24) is 14.5 Å². The molecule has 2 rings (SSSR count). The van der Waals surface area contributed by atoms with Crippen LogP contribution in [-0.4, -0.2) is 19.6 Å². The van der Waals surface area contributed by atoms with Crippen LogP contribution in [0.25, 0.3) is 0 Å². The van der Waals surface area contributed by atoms with Crippen molar-refractivity contribution in [2.75, 3.05) is 0 Å². The number of imidazole rings is 1. The molecule has 0 radical (unpaired) electrons. The molecule has 4 nitrogen and oxygen atoms in total. The average Bonchev–Trinajstić information content (AvgIpc) is 2.63. The Morgan fingerprint density at radius 2 is 2.31 bits per heavy atom. The molecule has 0 bridgehead atoms. The summed E-state index contributed by atoms with van der Waals surface area (Å²) in [4.78, 5) is 8.36. The van der Waals surface area contributed by atoms with Crippen molar-refractivity contribution < 1.29 is 5.11 Å². The van der Waals surface area contributed by atoms with Gasteiger partial charge in [0.05, 0.1) is 23.5 Å². The monoisotopic (exact) mass is 255 g/mol. The molecule has 0 amide bonds. The van der Waals surface area contributed by atoms with Crippen molar-refractivity contribution in [3.05, 3.63) is 35.2 Å². The van der Waals surface area contributed by atoms with Crippen LogP contribution in [0.3, 0.4) is 0 Å². The second-order valence-electron chi connectivity index (χ2n) is 3.14. The first-order valence-electron chi connectivity index (χ1n) is 4.62. The van der Waals surface area contributed by atoms with Gasteiger partial charge in [-0.3, -0.25) is 0 Å². The van der Waals surface area contributed by atoms with Gasteiger partial charge < -0.3 is 9.67 Å². The van der Waals surface area contributed by atoms with Crippen LogP contribution in [0.1, 0.15) is 5.69 Å². The van der Waals surface area contributed by atoms with Gasteiger partial charge in [0.25, 0.3) is 0 Å². The second-order valence-corrected chi connectivity index (χ2v) is 4.50. The van der Waals surface area contributed by atoms with E-state index in [2.05, 4.69) is 9.97 Å². The predicted octanol–water partition coefficient (Wildman–Crippen LogP) is 2.11. The zero-order chi connectivity index (χ0) is 11.5. The quantitative estimate of drug-likeness (QED) is 0.913. The van der Waals surface area contributed by atoms with Gasteiger partial charge in [-0.15, -0.1) is 0 Å². The molecule has 0 spiro atoms. The molecule has 6 heteroatoms. The van der Waals surface area contributed by atoms with Crippen molar-refractivity contribution in [2.45, 2.75) is 16.8 Å². The Kier molecular flexibility index (Phi) is 3.48. The number of halogens is 1. The summed E-state index contributed by atoms with van der Waals surface area (Å²) in [6.07, 6.45) is 3.32. The molecule has 0 saturated carbocycles. The van der Waals surface area contributed by atoms with Gasteiger partial charge in [0.15, 0.2) is 5.16 Å². The van der Waals surface area contributed by atoms with Gasteiger partial charge in [-0.1, -0.05) is 11.6 Å². The van der Waals surface area contributed by atoms with Crippen LogP contribution in [0.5, 0.6) is 0 Å². The van der Waals surface area contributed by atoms with Gasteiger partial charge >= 0.3 is 0 Å². The fraction of sp³-hybridized carbons (Fsp3) is 0.200. The minimum atomic E-state index is -0.0278. The highest BCUT2D eigenvalue weighted by atomic mass is 35.5. The number of hydrogen-bond donors (Lipinski definition) is 1. The molecular formula is C10H10ClN3OS. The summed E-state index contributed by atoms with van der Waals surface area (Å²) in [6.45, 7) is -0.0278. The lowest BCUT2D eigenvalue weighted by Gasteiger charge is -2.04. The molecule has 0 atom stereocenters. The van der Waals surface area contributed by atoms with E-state index in [-0.39, 0.29) is 6.61 Å². The summed E-state index contributed by atoms with van der Waals surface area (Å²) in [5.74, 6) is 0. The lowest BCUT2D eigenvalue weighted by molar-refractivity contribution is 0.271.